The molecule has 0 atom stereocenters. The minimum atomic E-state index is -0.958. The van der Waals surface area contributed by atoms with Crippen LogP contribution in [0.2, 0.25) is 0 Å². The van der Waals surface area contributed by atoms with Crippen LogP contribution in [-0.4, -0.2) is 39.5 Å². The number of methoxy groups -OCH3 is 4. The molecular weight excluding hydrogens is 364 g/mol. The number of carboxylic acids is 1. The Hall–Kier alpha value is -3.48. The van der Waals surface area contributed by atoms with Gasteiger partial charge in [-0.1, -0.05) is 0 Å². The van der Waals surface area contributed by atoms with E-state index in [0.717, 1.165) is 10.8 Å². The Kier molecular flexibility index (Phi) is 5.54. The summed E-state index contributed by atoms with van der Waals surface area (Å²) < 4.78 is 27.1. The number of hydrogen-bond donors (Lipinski definition) is 1. The zero-order chi connectivity index (χ0) is 20.3. The van der Waals surface area contributed by atoms with E-state index in [1.165, 1.54) is 14.2 Å². The van der Waals surface area contributed by atoms with Crippen LogP contribution in [0.4, 0.5) is 0 Å². The summed E-state index contributed by atoms with van der Waals surface area (Å²) in [6.07, 6.45) is 1.41. The van der Waals surface area contributed by atoms with Gasteiger partial charge in [-0.15, -0.1) is 0 Å². The van der Waals surface area contributed by atoms with Crippen molar-refractivity contribution >= 4 is 16.7 Å². The molecule has 0 bridgehead atoms. The summed E-state index contributed by atoms with van der Waals surface area (Å²) in [5.41, 5.74) is 1.16. The third-order valence-corrected chi connectivity index (χ3v) is 4.41. The Bertz CT molecular complexity index is 1030. The standard InChI is InChI=1S/C21H20O7/c1-24-17-6-12-5-16(28-11-14(12)8-19(17)26-3)15-10-20(27-4)18(25-2)7-13(15)9-21(22)23/h5-8,10-11H,9H2,1-4H3/p+1. The van der Waals surface area contributed by atoms with Crippen LogP contribution in [0.1, 0.15) is 5.56 Å². The van der Waals surface area contributed by atoms with Gasteiger partial charge in [0, 0.05) is 17.5 Å². The van der Waals surface area contributed by atoms with Gasteiger partial charge in [0.2, 0.25) is 0 Å². The Balaban J connectivity index is 2.20. The van der Waals surface area contributed by atoms with E-state index < -0.39 is 5.97 Å². The van der Waals surface area contributed by atoms with E-state index in [-0.39, 0.29) is 6.42 Å². The van der Waals surface area contributed by atoms with Crippen LogP contribution in [0.25, 0.3) is 22.1 Å². The number of carboxylic acid groups (broad SMARTS) is 1. The topological polar surface area (TPSA) is 85.5 Å². The van der Waals surface area contributed by atoms with Crippen LogP contribution in [0.15, 0.2) is 41.0 Å². The molecule has 0 unspecified atom stereocenters. The summed E-state index contributed by atoms with van der Waals surface area (Å²) in [6.45, 7) is 0. The molecule has 1 N–H and O–H groups in total. The molecule has 0 aliphatic carbocycles. The Morgan fingerprint density at radius 3 is 1.93 bits per heavy atom. The van der Waals surface area contributed by atoms with Crippen molar-refractivity contribution in [3.8, 4) is 34.3 Å². The second kappa shape index (κ2) is 8.04. The zero-order valence-corrected chi connectivity index (χ0v) is 16.1. The average molecular weight is 385 g/mol. The highest BCUT2D eigenvalue weighted by Crippen LogP contribution is 2.38. The maximum atomic E-state index is 11.3. The van der Waals surface area contributed by atoms with Crippen LogP contribution in [0, 0.1) is 0 Å². The van der Waals surface area contributed by atoms with Crippen molar-refractivity contribution in [3.05, 3.63) is 42.2 Å². The van der Waals surface area contributed by atoms with Crippen LogP contribution in [0.5, 0.6) is 23.0 Å². The van der Waals surface area contributed by atoms with E-state index in [2.05, 4.69) is 0 Å². The summed E-state index contributed by atoms with van der Waals surface area (Å²) in [6, 6.07) is 8.84. The summed E-state index contributed by atoms with van der Waals surface area (Å²) >= 11 is 0. The van der Waals surface area contributed by atoms with Gasteiger partial charge in [-0.2, -0.15) is 0 Å². The highest BCUT2D eigenvalue weighted by Gasteiger charge is 2.23. The normalized spacial score (nSPS) is 10.6. The maximum absolute atomic E-state index is 11.3. The van der Waals surface area contributed by atoms with E-state index in [0.29, 0.717) is 39.9 Å². The molecule has 0 aliphatic rings. The van der Waals surface area contributed by atoms with Crippen molar-refractivity contribution in [2.24, 2.45) is 0 Å². The first-order valence-corrected chi connectivity index (χ1v) is 8.45. The monoisotopic (exact) mass is 385 g/mol. The second-order valence-electron chi connectivity index (χ2n) is 6.02. The fraction of sp³-hybridized carbons (Fsp3) is 0.238. The summed E-state index contributed by atoms with van der Waals surface area (Å²) in [4.78, 5) is 11.3. The Morgan fingerprint density at radius 1 is 0.821 bits per heavy atom. The lowest BCUT2D eigenvalue weighted by atomic mass is 9.99. The molecule has 2 aromatic carbocycles. The summed E-state index contributed by atoms with van der Waals surface area (Å²) in [7, 11) is 6.16. The lowest BCUT2D eigenvalue weighted by molar-refractivity contribution is -0.136. The van der Waals surface area contributed by atoms with Crippen molar-refractivity contribution in [1.82, 2.24) is 0 Å². The number of rotatable bonds is 7. The van der Waals surface area contributed by atoms with Gasteiger partial charge < -0.3 is 24.1 Å². The molecule has 3 aromatic rings. The molecule has 0 radical (unpaired) electrons. The van der Waals surface area contributed by atoms with Gasteiger partial charge in [0.25, 0.3) is 0 Å². The summed E-state index contributed by atoms with van der Waals surface area (Å²) in [5, 5.41) is 11.0. The second-order valence-corrected chi connectivity index (χ2v) is 6.02. The number of hydrogen-bond acceptors (Lipinski definition) is 5. The number of benzene rings is 2. The predicted molar refractivity (Wildman–Crippen MR) is 104 cm³/mol. The van der Waals surface area contributed by atoms with Crippen molar-refractivity contribution in [1.29, 1.82) is 0 Å². The third kappa shape index (κ3) is 3.64. The van der Waals surface area contributed by atoms with E-state index in [4.69, 9.17) is 23.4 Å². The van der Waals surface area contributed by atoms with Gasteiger partial charge in [0.1, 0.15) is 0 Å². The lowest BCUT2D eigenvalue weighted by Crippen LogP contribution is -2.03. The SMILES string of the molecule is COc1cc(CC(=O)O)c(-c2cc3cc(OC)c(OC)cc3c[o+]2)cc1OC. The van der Waals surface area contributed by atoms with E-state index in [9.17, 15) is 9.90 Å². The van der Waals surface area contributed by atoms with Crippen LogP contribution in [-0.2, 0) is 11.2 Å². The zero-order valence-electron chi connectivity index (χ0n) is 16.1. The molecule has 0 aliphatic heterocycles. The van der Waals surface area contributed by atoms with Crippen molar-refractivity contribution in [3.63, 3.8) is 0 Å². The van der Waals surface area contributed by atoms with Crippen LogP contribution < -0.4 is 18.9 Å². The van der Waals surface area contributed by atoms with Gasteiger partial charge in [-0.25, -0.2) is 4.42 Å². The van der Waals surface area contributed by atoms with E-state index in [1.807, 2.05) is 18.2 Å². The first-order valence-electron chi connectivity index (χ1n) is 8.45. The number of fused-ring (bicyclic) bond motifs is 1. The minimum Gasteiger partial charge on any atom is -0.493 e. The molecule has 0 saturated carbocycles. The predicted octanol–water partition coefficient (Wildman–Crippen LogP) is 4.04. The first-order chi connectivity index (χ1) is 13.5. The fourth-order valence-corrected chi connectivity index (χ4v) is 3.04. The Morgan fingerprint density at radius 2 is 1.36 bits per heavy atom. The molecule has 0 amide bonds. The summed E-state index contributed by atoms with van der Waals surface area (Å²) in [5.74, 6) is 1.65. The quantitative estimate of drug-likeness (QED) is 0.614. The molecule has 0 saturated heterocycles. The average Bonchev–Trinajstić information content (AvgIpc) is 2.71. The van der Waals surface area contributed by atoms with E-state index in [1.54, 1.807) is 32.6 Å². The minimum absolute atomic E-state index is 0.185. The molecule has 0 spiro atoms. The molecule has 3 rings (SSSR count). The highest BCUT2D eigenvalue weighted by atomic mass is 16.5. The molecule has 146 valence electrons. The molecule has 28 heavy (non-hydrogen) atoms. The van der Waals surface area contributed by atoms with Crippen molar-refractivity contribution < 1.29 is 33.3 Å². The molecular formula is C21H21O7+. The fourth-order valence-electron chi connectivity index (χ4n) is 3.04. The maximum Gasteiger partial charge on any atom is 0.360 e. The van der Waals surface area contributed by atoms with Crippen LogP contribution >= 0.6 is 0 Å². The first kappa shape index (κ1) is 19.3. The van der Waals surface area contributed by atoms with Crippen molar-refractivity contribution in [2.75, 3.05) is 28.4 Å². The third-order valence-electron chi connectivity index (χ3n) is 4.41. The molecule has 1 aromatic heterocycles. The molecule has 7 heteroatoms. The smallest absolute Gasteiger partial charge is 0.360 e. The van der Waals surface area contributed by atoms with Crippen LogP contribution in [0.3, 0.4) is 0 Å². The lowest BCUT2D eigenvalue weighted by Gasteiger charge is -2.11. The van der Waals surface area contributed by atoms with Gasteiger partial charge in [0.15, 0.2) is 23.0 Å². The molecule has 0 fully saturated rings. The highest BCUT2D eigenvalue weighted by molar-refractivity contribution is 5.88. The van der Waals surface area contributed by atoms with Gasteiger partial charge in [-0.3, -0.25) is 4.79 Å². The number of aliphatic carboxylic acids is 1. The van der Waals surface area contributed by atoms with Gasteiger partial charge in [-0.05, 0) is 17.7 Å². The number of ether oxygens (including phenoxy) is 4. The molecule has 1 heterocycles. The van der Waals surface area contributed by atoms with Gasteiger partial charge in [0.05, 0.1) is 51.9 Å². The van der Waals surface area contributed by atoms with Crippen molar-refractivity contribution in [2.45, 2.75) is 6.42 Å². The van der Waals surface area contributed by atoms with Gasteiger partial charge >= 0.3 is 18.0 Å². The van der Waals surface area contributed by atoms with E-state index >= 15 is 0 Å². The largest absolute Gasteiger partial charge is 0.493 e. The molecule has 7 nitrogen and oxygen atoms in total. The Labute approximate surface area is 162 Å². The number of carbonyl (C=O) groups is 1.